The summed E-state index contributed by atoms with van der Waals surface area (Å²) in [7, 11) is -1.04. The summed E-state index contributed by atoms with van der Waals surface area (Å²) in [4.78, 5) is 121. The monoisotopic (exact) mass is 1490 g/mol. The van der Waals surface area contributed by atoms with Crippen LogP contribution in [0.5, 0.6) is 0 Å². The molecule has 0 aromatic carbocycles. The summed E-state index contributed by atoms with van der Waals surface area (Å²) in [6.45, 7) is 23.8. The molecule has 0 bridgehead atoms. The molecule has 0 radical (unpaired) electrons. The molecule has 35 heteroatoms. The highest BCUT2D eigenvalue weighted by Gasteiger charge is 2.34. The molecule has 11 rings (SSSR count). The third kappa shape index (κ3) is 27.4. The number of carboxylic acid groups (broad SMARTS) is 1. The number of ether oxygens (including phenoxy) is 6. The number of nitrogens with zero attached hydrogens (tertiary/aromatic N) is 8. The molecule has 0 spiro atoms. The summed E-state index contributed by atoms with van der Waals surface area (Å²) < 4.78 is 29.1. The number of carbonyl (C=O) groups is 6. The normalized spacial score (nSPS) is 12.3. The number of thiazole rings is 5. The van der Waals surface area contributed by atoms with Crippen molar-refractivity contribution in [1.29, 1.82) is 0 Å². The number of carboxylic acids is 1. The Morgan fingerprint density at radius 3 is 1.36 bits per heavy atom. The van der Waals surface area contributed by atoms with E-state index in [0.29, 0.717) is 71.9 Å². The summed E-state index contributed by atoms with van der Waals surface area (Å²) in [5, 5.41) is 35.5. The van der Waals surface area contributed by atoms with Crippen LogP contribution in [0.3, 0.4) is 0 Å². The van der Waals surface area contributed by atoms with Crippen molar-refractivity contribution < 1.29 is 81.9 Å². The number of hydrogen-bond acceptors (Lipinski definition) is 31. The van der Waals surface area contributed by atoms with Crippen molar-refractivity contribution in [3.8, 4) is 0 Å². The van der Waals surface area contributed by atoms with E-state index in [1.165, 1.54) is 46.4 Å². The van der Waals surface area contributed by atoms with Crippen LogP contribution in [-0.2, 0) is 52.4 Å². The Morgan fingerprint density at radius 2 is 0.990 bits per heavy atom. The molecule has 3 aliphatic carbocycles. The van der Waals surface area contributed by atoms with E-state index in [0.717, 1.165) is 116 Å². The molecule has 8 heterocycles. The van der Waals surface area contributed by atoms with Crippen LogP contribution in [-0.4, -0.2) is 144 Å². The molecule has 0 amide bonds. The molecule has 8 aromatic rings. The van der Waals surface area contributed by atoms with Gasteiger partial charge in [0.05, 0.1) is 104 Å². The smallest absolute Gasteiger partial charge is 0.454 e. The Hall–Kier alpha value is -7.98. The molecule has 3 aliphatic rings. The van der Waals surface area contributed by atoms with Gasteiger partial charge in [0.25, 0.3) is 0 Å². The van der Waals surface area contributed by atoms with Crippen molar-refractivity contribution in [3.05, 3.63) is 112 Å². The van der Waals surface area contributed by atoms with Gasteiger partial charge in [-0.3, -0.25) is 0 Å². The Labute approximate surface area is 597 Å². The van der Waals surface area contributed by atoms with Crippen molar-refractivity contribution in [2.24, 2.45) is 0 Å². The minimum atomic E-state index is -1.04. The van der Waals surface area contributed by atoms with Gasteiger partial charge in [0, 0.05) is 35.9 Å². The van der Waals surface area contributed by atoms with Crippen LogP contribution in [0.4, 0.5) is 10.0 Å². The Balaban J connectivity index is 0.000000301. The van der Waals surface area contributed by atoms with E-state index in [1.807, 2.05) is 48.5 Å². The number of fused-ring (bicyclic) bond motifs is 3. The van der Waals surface area contributed by atoms with Crippen molar-refractivity contribution in [2.75, 3.05) is 50.7 Å². The highest BCUT2D eigenvalue weighted by molar-refractivity contribution is 7.19. The zero-order chi connectivity index (χ0) is 71.9. The topological polar surface area (TPSA) is 394 Å². The van der Waals surface area contributed by atoms with Crippen molar-refractivity contribution in [3.63, 3.8) is 0 Å². The van der Waals surface area contributed by atoms with E-state index < -0.39 is 31.0 Å². The van der Waals surface area contributed by atoms with Gasteiger partial charge in [-0.1, -0.05) is 65.4 Å². The molecule has 0 atom stereocenters. The second kappa shape index (κ2) is 43.4. The van der Waals surface area contributed by atoms with Gasteiger partial charge < -0.3 is 54.6 Å². The molecular weight excluding hydrogens is 1410 g/mol. The predicted octanol–water partition coefficient (Wildman–Crippen LogP) is 12.7. The van der Waals surface area contributed by atoms with Gasteiger partial charge in [-0.25, -0.2) is 68.6 Å². The fraction of sp³-hybridized carbons (Fsp3) is 0.444. The quantitative estimate of drug-likeness (QED) is 0.00954. The summed E-state index contributed by atoms with van der Waals surface area (Å²) in [6.07, 6.45) is 18.0. The van der Waals surface area contributed by atoms with Crippen molar-refractivity contribution >= 4 is 171 Å². The van der Waals surface area contributed by atoms with Gasteiger partial charge in [-0.2, -0.15) is 9.59 Å². The minimum Gasteiger partial charge on any atom is -0.500 e. The third-order valence-corrected chi connectivity index (χ3v) is 17.4. The minimum absolute atomic E-state index is 0. The summed E-state index contributed by atoms with van der Waals surface area (Å²) >= 11 is 13.7. The van der Waals surface area contributed by atoms with Crippen LogP contribution in [0.25, 0.3) is 31.0 Å². The summed E-state index contributed by atoms with van der Waals surface area (Å²) in [5.41, 5.74) is 11.1. The van der Waals surface area contributed by atoms with Crippen LogP contribution in [0.1, 0.15) is 172 Å². The van der Waals surface area contributed by atoms with Gasteiger partial charge in [0.2, 0.25) is 0 Å². The zero-order valence-corrected chi connectivity index (χ0v) is 61.7. The lowest BCUT2D eigenvalue weighted by molar-refractivity contribution is -0.191. The van der Waals surface area contributed by atoms with Crippen LogP contribution in [0, 0.1) is 34.6 Å². The molecule has 98 heavy (non-hydrogen) atoms. The predicted molar refractivity (Wildman–Crippen MR) is 379 cm³/mol. The SMILES string of the molecule is CCOC(=O)/C(=C/Nc1cnc(C)s1)CC.CCOC(=O)c1cnc2sc(C)nc2c1C1CC1.CCOC(=O)c1cnc2sc(C)nc2c1Cl.CCOC=C(C(=O)OCC)C(=O)OCC.Cc1nc2c(C3CC3)c(C(=O)O)cnc2s1.Cc1ncc(N)s1.Cl.O=C=O.OB(O)C1CC1. The molecule has 8 aromatic heterocycles. The Kier molecular flexibility index (Phi) is 37.3. The second-order valence-corrected chi connectivity index (χ2v) is 26.7. The molecule has 6 N–H and O–H groups in total. The number of anilines is 2. The van der Waals surface area contributed by atoms with E-state index in [-0.39, 0.29) is 60.7 Å². The number of carbonyl (C=O) groups excluding carboxylic acids is 7. The van der Waals surface area contributed by atoms with Crippen LogP contribution in [0.15, 0.2) is 54.6 Å². The maximum Gasteiger partial charge on any atom is 0.454 e. The average molecular weight is 1490 g/mol. The highest BCUT2D eigenvalue weighted by Crippen LogP contribution is 2.46. The zero-order valence-electron chi connectivity index (χ0n) is 56.1. The van der Waals surface area contributed by atoms with Gasteiger partial charge in [-0.15, -0.1) is 35.1 Å². The number of rotatable bonds is 19. The van der Waals surface area contributed by atoms with E-state index in [9.17, 15) is 28.8 Å². The van der Waals surface area contributed by atoms with Crippen molar-refractivity contribution in [1.82, 2.24) is 39.9 Å². The molecular formula is C63H79BCl2N10O17S5. The van der Waals surface area contributed by atoms with Crippen LogP contribution < -0.4 is 11.1 Å². The van der Waals surface area contributed by atoms with E-state index in [1.54, 1.807) is 82.1 Å². The van der Waals surface area contributed by atoms with Gasteiger partial charge in [0.15, 0.2) is 5.57 Å². The number of nitrogen functional groups attached to an aromatic ring is 1. The summed E-state index contributed by atoms with van der Waals surface area (Å²) in [5.74, 6) is -2.33. The largest absolute Gasteiger partial charge is 0.500 e. The number of pyridine rings is 3. The number of halogens is 2. The first-order chi connectivity index (χ1) is 46.3. The number of hydrogen-bond donors (Lipinski definition) is 5. The molecule has 0 unspecified atom stereocenters. The standard InChI is InChI=1S/C13H14N2O2S.C11H10N2O2S.C11H16N2O2S.C10H9ClN2O2S.C10H16O5.C4H6N2S.C3H7BO2.CO2.ClH/c1-3-17-13(16)9-6-14-12-11(15-7(2)18-12)10(9)8-4-5-8;1-5-13-9-8(6-2-3-6)7(11(14)15)4-12-10(9)16-5;1-4-9(11(14)15-5-2)6-13-10-7-12-8(3)16-10;1-3-15-10(14)6-4-12-9-8(7(6)11)13-5(2)16-9;1-4-13-7-8(9(11)14-5-2)10(12)15-6-3;1-3-6-2-4(5)7-3;5-4(6)3-1-2-3;2-1-3;/h6,8H,3-5H2,1-2H3;4,6H,2-3H2,1H3,(H,14,15);6-7,13H,4-5H2,1-3H3;4H,3H2,1-2H3;7H,4-6H2,1-3H3;2H,5H2,1H3;3,5-6H,1-2H2;;1H/b;;9-6+;;;;;;. The number of aromatic carboxylic acids is 1. The number of nitrogens with two attached hydrogens (primary N) is 1. The lowest BCUT2D eigenvalue weighted by Gasteiger charge is -2.07. The summed E-state index contributed by atoms with van der Waals surface area (Å²) in [6, 6.07) is 0. The van der Waals surface area contributed by atoms with Gasteiger partial charge in [0.1, 0.15) is 47.3 Å². The maximum absolute atomic E-state index is 12.0. The first-order valence-electron chi connectivity index (χ1n) is 30.6. The first-order valence-corrected chi connectivity index (χ1v) is 35.1. The second-order valence-electron chi connectivity index (χ2n) is 20.3. The molecule has 27 nitrogen and oxygen atoms in total. The lowest BCUT2D eigenvalue weighted by Crippen LogP contribution is -2.18. The Bertz CT molecular complexity index is 3990. The lowest BCUT2D eigenvalue weighted by atomic mass is 9.84. The first kappa shape index (κ1) is 84.3. The molecule has 530 valence electrons. The average Bonchev–Trinajstić information content (AvgIpc) is 1.62. The van der Waals surface area contributed by atoms with E-state index >= 15 is 0 Å². The highest BCUT2D eigenvalue weighted by atomic mass is 35.5. The Morgan fingerprint density at radius 1 is 0.571 bits per heavy atom. The fourth-order valence-corrected chi connectivity index (χ4v) is 11.9. The maximum atomic E-state index is 12.0. The molecule has 3 saturated carbocycles. The van der Waals surface area contributed by atoms with Gasteiger partial charge in [-0.05, 0) is 126 Å². The number of esters is 5. The molecule has 0 saturated heterocycles. The number of aryl methyl sites for hydroxylation is 5. The fourth-order valence-electron chi connectivity index (χ4n) is 8.07. The number of aromatic nitrogens is 8. The van der Waals surface area contributed by atoms with Gasteiger partial charge >= 0.3 is 49.1 Å². The molecule has 0 aliphatic heterocycles. The van der Waals surface area contributed by atoms with Crippen LogP contribution >= 0.6 is 80.7 Å². The van der Waals surface area contributed by atoms with E-state index in [4.69, 9.17) is 61.0 Å². The number of nitrogens with one attached hydrogen (secondary N) is 1. The third-order valence-electron chi connectivity index (χ3n) is 12.8. The van der Waals surface area contributed by atoms with E-state index in [2.05, 4.69) is 54.7 Å². The molecule has 3 fully saturated rings. The van der Waals surface area contributed by atoms with Crippen molar-refractivity contribution in [2.45, 2.75) is 146 Å². The van der Waals surface area contributed by atoms with Crippen LogP contribution in [0.2, 0.25) is 10.8 Å².